The van der Waals surface area contributed by atoms with E-state index in [-0.39, 0.29) is 21.7 Å². The second-order valence-electron chi connectivity index (χ2n) is 18.8. The average molecular weight is 843 g/mol. The van der Waals surface area contributed by atoms with Crippen molar-refractivity contribution in [2.75, 3.05) is 0 Å². The van der Waals surface area contributed by atoms with Crippen LogP contribution in [0.2, 0.25) is 0 Å². The molecular weight excluding hydrogens is 792 g/mol. The fraction of sp³-hybridized carbons (Fsp3) is 0.333. The molecule has 276 valence electrons. The van der Waals surface area contributed by atoms with Crippen molar-refractivity contribution >= 4 is 65.9 Å². The molecule has 8 bridgehead atoms. The third kappa shape index (κ3) is 7.36. The van der Waals surface area contributed by atoms with Crippen LogP contribution >= 0.6 is 31.9 Å². The third-order valence-corrected chi connectivity index (χ3v) is 12.0. The summed E-state index contributed by atoms with van der Waals surface area (Å²) < 4.78 is 1.68. The van der Waals surface area contributed by atoms with Crippen LogP contribution in [0.3, 0.4) is 0 Å². The lowest BCUT2D eigenvalue weighted by Gasteiger charge is -2.27. The standard InChI is InChI=1S/C48H50Br2N4/c1-45(2,3)29-21-27(22-30(25-29)46(4,5)6)41-33-13-17-37(51-33)43(49)39-19-15-35(53-39)42(28-23-31(47(7,8)9)26-32(24-28)48(10,11)12)36-16-20-40(54-36)44(50)38-18-14-34(41)52-38/h13-26H,1-12H3. The van der Waals surface area contributed by atoms with E-state index < -0.39 is 0 Å². The predicted molar refractivity (Wildman–Crippen MR) is 240 cm³/mol. The molecule has 2 aromatic rings. The first-order valence-corrected chi connectivity index (χ1v) is 20.4. The Bertz CT molecular complexity index is 2160. The lowest BCUT2D eigenvalue weighted by molar-refractivity contribution is 0.567. The number of hydrogen-bond donors (Lipinski definition) is 0. The van der Waals surface area contributed by atoms with Crippen LogP contribution in [0.5, 0.6) is 0 Å². The zero-order valence-corrected chi connectivity index (χ0v) is 36.8. The molecule has 5 heterocycles. The predicted octanol–water partition coefficient (Wildman–Crippen LogP) is 13.3. The van der Waals surface area contributed by atoms with Crippen molar-refractivity contribution in [1.29, 1.82) is 0 Å². The molecule has 5 aliphatic heterocycles. The number of benzene rings is 2. The number of nitrogens with zero attached hydrogens (tertiary/aromatic N) is 4. The van der Waals surface area contributed by atoms with E-state index in [4.69, 9.17) is 20.0 Å². The molecule has 0 fully saturated rings. The Morgan fingerprint density at radius 1 is 0.333 bits per heavy atom. The lowest BCUT2D eigenvalue weighted by Crippen LogP contribution is -2.17. The van der Waals surface area contributed by atoms with Crippen LogP contribution in [0.4, 0.5) is 0 Å². The fourth-order valence-electron chi connectivity index (χ4n) is 6.89. The first-order valence-electron chi connectivity index (χ1n) is 18.8. The number of hydrogen-bond acceptors (Lipinski definition) is 4. The molecule has 2 aromatic carbocycles. The summed E-state index contributed by atoms with van der Waals surface area (Å²) in [6.07, 6.45) is 16.7. The highest BCUT2D eigenvalue weighted by atomic mass is 79.9. The summed E-state index contributed by atoms with van der Waals surface area (Å²) in [5, 5.41) is 0. The van der Waals surface area contributed by atoms with E-state index in [1.165, 1.54) is 22.3 Å². The van der Waals surface area contributed by atoms with Gasteiger partial charge in [0.25, 0.3) is 0 Å². The van der Waals surface area contributed by atoms with Gasteiger partial charge in [-0.3, -0.25) is 0 Å². The molecule has 0 aromatic heterocycles. The average Bonchev–Trinajstić information content (AvgIpc) is 3.91. The smallest absolute Gasteiger partial charge is 0.0801 e. The Hall–Kier alpha value is -4.00. The Balaban J connectivity index is 1.49. The largest absolute Gasteiger partial charge is 0.247 e. The van der Waals surface area contributed by atoms with Gasteiger partial charge >= 0.3 is 0 Å². The van der Waals surface area contributed by atoms with Gasteiger partial charge in [0.2, 0.25) is 0 Å². The number of aliphatic imine (C=N–C) groups is 4. The maximum Gasteiger partial charge on any atom is 0.0801 e. The highest BCUT2D eigenvalue weighted by Crippen LogP contribution is 2.40. The van der Waals surface area contributed by atoms with E-state index in [1.807, 2.05) is 0 Å². The number of halogens is 2. The second kappa shape index (κ2) is 13.3. The maximum absolute atomic E-state index is 5.28. The highest BCUT2D eigenvalue weighted by Gasteiger charge is 2.29. The molecule has 6 heteroatoms. The molecule has 0 unspecified atom stereocenters. The van der Waals surface area contributed by atoms with Crippen LogP contribution in [0, 0.1) is 0 Å². The van der Waals surface area contributed by atoms with Crippen LogP contribution in [-0.2, 0) is 21.7 Å². The monoisotopic (exact) mass is 840 g/mol. The van der Waals surface area contributed by atoms with E-state index in [2.05, 4.69) is 200 Å². The molecule has 0 atom stereocenters. The van der Waals surface area contributed by atoms with Gasteiger partial charge in [-0.1, -0.05) is 119 Å². The number of rotatable bonds is 2. The van der Waals surface area contributed by atoms with Gasteiger partial charge in [0, 0.05) is 11.1 Å². The van der Waals surface area contributed by atoms with Gasteiger partial charge < -0.3 is 0 Å². The second-order valence-corrected chi connectivity index (χ2v) is 20.4. The minimum absolute atomic E-state index is 0.0434. The van der Waals surface area contributed by atoms with Crippen molar-refractivity contribution in [1.82, 2.24) is 0 Å². The lowest BCUT2D eigenvalue weighted by atomic mass is 9.78. The highest BCUT2D eigenvalue weighted by molar-refractivity contribution is 9.12. The quantitative estimate of drug-likeness (QED) is 0.289. The molecule has 0 N–H and O–H groups in total. The molecule has 0 saturated carbocycles. The van der Waals surface area contributed by atoms with Crippen molar-refractivity contribution in [3.05, 3.63) is 150 Å². The third-order valence-electron chi connectivity index (χ3n) is 10.4. The molecule has 0 spiro atoms. The van der Waals surface area contributed by atoms with Crippen LogP contribution in [0.25, 0.3) is 11.1 Å². The first kappa shape index (κ1) is 38.3. The summed E-state index contributed by atoms with van der Waals surface area (Å²) in [5.74, 6) is 0. The fourth-order valence-corrected chi connectivity index (χ4v) is 7.77. The Morgan fingerprint density at radius 2 is 0.593 bits per heavy atom. The zero-order valence-electron chi connectivity index (χ0n) is 33.6. The number of allylic oxidation sites excluding steroid dienone is 12. The van der Waals surface area contributed by atoms with Gasteiger partial charge in [-0.05, 0) is 136 Å². The minimum Gasteiger partial charge on any atom is -0.247 e. The topological polar surface area (TPSA) is 49.4 Å². The Labute approximate surface area is 338 Å². The summed E-state index contributed by atoms with van der Waals surface area (Å²) >= 11 is 7.88. The summed E-state index contributed by atoms with van der Waals surface area (Å²) in [6.45, 7) is 27.3. The Kier molecular flexibility index (Phi) is 9.46. The zero-order chi connectivity index (χ0) is 39.1. The van der Waals surface area contributed by atoms with E-state index in [0.717, 1.165) is 76.9 Å². The van der Waals surface area contributed by atoms with Crippen molar-refractivity contribution in [2.45, 2.75) is 105 Å². The minimum atomic E-state index is -0.0434. The SMILES string of the molecule is CC(C)(C)c1cc(C2=C3C=CC(=N3)C(Br)=C3C=CC(=N3)C(c3cc(C(C)(C)C)cc(C(C)(C)C)c3)=C3C=CC(=N3)C(Br)=C3C=CC2=N3)cc(C(C)(C)C)c1. The van der Waals surface area contributed by atoms with E-state index >= 15 is 0 Å². The maximum atomic E-state index is 5.28. The molecule has 0 aliphatic carbocycles. The molecular formula is C48H50Br2N4. The van der Waals surface area contributed by atoms with Crippen molar-refractivity contribution in [3.63, 3.8) is 0 Å². The number of fused-ring (bicyclic) bond motifs is 4. The molecule has 5 aliphatic rings. The summed E-state index contributed by atoms with van der Waals surface area (Å²) in [7, 11) is 0. The van der Waals surface area contributed by atoms with Gasteiger partial charge in [-0.2, -0.15) is 0 Å². The molecule has 4 nitrogen and oxygen atoms in total. The van der Waals surface area contributed by atoms with Gasteiger partial charge in [0.1, 0.15) is 0 Å². The first-order chi connectivity index (χ1) is 25.1. The normalized spacial score (nSPS) is 18.8. The summed E-state index contributed by atoms with van der Waals surface area (Å²) in [6, 6.07) is 14.0. The van der Waals surface area contributed by atoms with Crippen molar-refractivity contribution < 1.29 is 0 Å². The molecule has 0 amide bonds. The Morgan fingerprint density at radius 3 is 0.889 bits per heavy atom. The van der Waals surface area contributed by atoms with Crippen LogP contribution in [-0.4, -0.2) is 22.8 Å². The van der Waals surface area contributed by atoms with Crippen molar-refractivity contribution in [3.8, 4) is 0 Å². The van der Waals surface area contributed by atoms with Crippen molar-refractivity contribution in [2.24, 2.45) is 20.0 Å². The van der Waals surface area contributed by atoms with Crippen LogP contribution in [0.15, 0.2) is 137 Å². The van der Waals surface area contributed by atoms with Gasteiger partial charge in [0.05, 0.1) is 54.6 Å². The summed E-state index contributed by atoms with van der Waals surface area (Å²) in [4.78, 5) is 21.1. The van der Waals surface area contributed by atoms with Gasteiger partial charge in [0.15, 0.2) is 0 Å². The van der Waals surface area contributed by atoms with E-state index in [0.29, 0.717) is 0 Å². The molecule has 0 saturated heterocycles. The molecule has 54 heavy (non-hydrogen) atoms. The summed E-state index contributed by atoms with van der Waals surface area (Å²) in [5.41, 5.74) is 15.9. The van der Waals surface area contributed by atoms with Gasteiger partial charge in [-0.15, -0.1) is 0 Å². The van der Waals surface area contributed by atoms with E-state index in [9.17, 15) is 0 Å². The van der Waals surface area contributed by atoms with Crippen LogP contribution in [0.1, 0.15) is 116 Å². The van der Waals surface area contributed by atoms with E-state index in [1.54, 1.807) is 0 Å². The molecule has 7 rings (SSSR count). The molecule has 0 radical (unpaired) electrons. The van der Waals surface area contributed by atoms with Crippen LogP contribution < -0.4 is 0 Å². The van der Waals surface area contributed by atoms with Gasteiger partial charge in [-0.25, -0.2) is 20.0 Å².